The number of para-hydroxylation sites is 1. The van der Waals surface area contributed by atoms with E-state index in [-0.39, 0.29) is 5.91 Å². The summed E-state index contributed by atoms with van der Waals surface area (Å²) in [7, 11) is 0. The van der Waals surface area contributed by atoms with Crippen LogP contribution in [0.1, 0.15) is 26.3 Å². The fourth-order valence-corrected chi connectivity index (χ4v) is 3.05. The normalized spacial score (nSPS) is 12.1. The molecular weight excluding hydrogens is 384 g/mol. The monoisotopic (exact) mass is 404 g/mol. The van der Waals surface area contributed by atoms with Crippen LogP contribution < -0.4 is 25.3 Å². The lowest BCUT2D eigenvalue weighted by atomic mass is 10.1. The fraction of sp³-hybridized carbons (Fsp3) is 0.130. The van der Waals surface area contributed by atoms with Crippen LogP contribution in [0.15, 0.2) is 66.7 Å². The molecule has 0 radical (unpaired) electrons. The van der Waals surface area contributed by atoms with Crippen molar-refractivity contribution >= 4 is 11.8 Å². The van der Waals surface area contributed by atoms with Gasteiger partial charge in [0.05, 0.1) is 0 Å². The minimum atomic E-state index is -0.494. The lowest BCUT2D eigenvalue weighted by Gasteiger charge is -2.21. The summed E-state index contributed by atoms with van der Waals surface area (Å²) in [6, 6.07) is 18.9. The van der Waals surface area contributed by atoms with Gasteiger partial charge in [0, 0.05) is 23.2 Å². The van der Waals surface area contributed by atoms with Crippen LogP contribution in [0.25, 0.3) is 0 Å². The maximum Gasteiger partial charge on any atom is 0.251 e. The number of fused-ring (bicyclic) bond motifs is 1. The molecule has 0 aromatic heterocycles. The van der Waals surface area contributed by atoms with Gasteiger partial charge in [0.1, 0.15) is 24.7 Å². The Hall–Kier alpha value is -4.00. The molecule has 4 rings (SSSR count). The van der Waals surface area contributed by atoms with E-state index in [4.69, 9.17) is 19.9 Å². The third-order valence-electron chi connectivity index (χ3n) is 4.58. The van der Waals surface area contributed by atoms with Gasteiger partial charge in [-0.15, -0.1) is 0 Å². The molecule has 1 aliphatic rings. The van der Waals surface area contributed by atoms with E-state index in [9.17, 15) is 9.59 Å². The number of nitrogens with two attached hydrogens (primary N) is 1. The third-order valence-corrected chi connectivity index (χ3v) is 4.58. The van der Waals surface area contributed by atoms with Gasteiger partial charge in [0.15, 0.2) is 11.5 Å². The van der Waals surface area contributed by atoms with Gasteiger partial charge in [-0.1, -0.05) is 12.1 Å². The molecule has 7 nitrogen and oxygen atoms in total. The van der Waals surface area contributed by atoms with Gasteiger partial charge in [-0.3, -0.25) is 9.59 Å². The molecule has 0 aliphatic carbocycles. The Labute approximate surface area is 173 Å². The van der Waals surface area contributed by atoms with Gasteiger partial charge in [0.25, 0.3) is 5.91 Å². The van der Waals surface area contributed by atoms with Crippen molar-refractivity contribution in [1.29, 1.82) is 0 Å². The highest BCUT2D eigenvalue weighted by Crippen LogP contribution is 2.33. The smallest absolute Gasteiger partial charge is 0.251 e. The predicted molar refractivity (Wildman–Crippen MR) is 110 cm³/mol. The summed E-state index contributed by atoms with van der Waals surface area (Å²) in [5, 5.41) is 2.89. The zero-order valence-corrected chi connectivity index (χ0v) is 16.1. The van der Waals surface area contributed by atoms with Crippen LogP contribution in [-0.4, -0.2) is 25.0 Å². The first-order chi connectivity index (χ1) is 14.6. The molecule has 3 aromatic rings. The van der Waals surface area contributed by atoms with E-state index in [1.165, 1.54) is 0 Å². The number of nitrogens with one attached hydrogen (secondary N) is 1. The van der Waals surface area contributed by atoms with E-state index >= 15 is 0 Å². The molecule has 0 atom stereocenters. The highest BCUT2D eigenvalue weighted by atomic mass is 16.6. The molecule has 0 bridgehead atoms. The molecule has 1 heterocycles. The van der Waals surface area contributed by atoms with Crippen LogP contribution in [-0.2, 0) is 6.54 Å². The summed E-state index contributed by atoms with van der Waals surface area (Å²) < 4.78 is 17.0. The van der Waals surface area contributed by atoms with Crippen molar-refractivity contribution in [2.75, 3.05) is 13.2 Å². The van der Waals surface area contributed by atoms with Crippen molar-refractivity contribution in [2.24, 2.45) is 5.73 Å². The van der Waals surface area contributed by atoms with E-state index in [2.05, 4.69) is 5.32 Å². The average molecular weight is 404 g/mol. The summed E-state index contributed by atoms with van der Waals surface area (Å²) >= 11 is 0. The van der Waals surface area contributed by atoms with E-state index in [0.717, 1.165) is 5.56 Å². The molecule has 3 aromatic carbocycles. The Kier molecular flexibility index (Phi) is 5.52. The number of carbonyl (C=O) groups excluding carboxylic acids is 2. The van der Waals surface area contributed by atoms with Gasteiger partial charge in [-0.25, -0.2) is 0 Å². The highest BCUT2D eigenvalue weighted by Gasteiger charge is 2.16. The molecule has 30 heavy (non-hydrogen) atoms. The number of primary amides is 1. The summed E-state index contributed by atoms with van der Waals surface area (Å²) in [4.78, 5) is 23.6. The lowest BCUT2D eigenvalue weighted by Crippen LogP contribution is -2.24. The molecule has 1 aliphatic heterocycles. The van der Waals surface area contributed by atoms with Crippen LogP contribution in [0.3, 0.4) is 0 Å². The molecule has 0 saturated carbocycles. The Balaban J connectivity index is 1.37. The van der Waals surface area contributed by atoms with Crippen LogP contribution in [0.2, 0.25) is 0 Å². The summed E-state index contributed by atoms with van der Waals surface area (Å²) in [6.07, 6.45) is 0. The Bertz CT molecular complexity index is 1060. The highest BCUT2D eigenvalue weighted by molar-refractivity contribution is 5.94. The van der Waals surface area contributed by atoms with Crippen LogP contribution in [0.4, 0.5) is 0 Å². The van der Waals surface area contributed by atoms with Crippen molar-refractivity contribution < 1.29 is 23.8 Å². The first kappa shape index (κ1) is 19.3. The van der Waals surface area contributed by atoms with Crippen LogP contribution in [0.5, 0.6) is 23.0 Å². The number of carbonyl (C=O) groups is 2. The lowest BCUT2D eigenvalue weighted by molar-refractivity contribution is 0.0948. The number of hydrogen-bond acceptors (Lipinski definition) is 5. The van der Waals surface area contributed by atoms with Gasteiger partial charge >= 0.3 is 0 Å². The minimum absolute atomic E-state index is 0.207. The first-order valence-corrected chi connectivity index (χ1v) is 9.43. The van der Waals surface area contributed by atoms with Crippen LogP contribution >= 0.6 is 0 Å². The van der Waals surface area contributed by atoms with Gasteiger partial charge < -0.3 is 25.3 Å². The van der Waals surface area contributed by atoms with E-state index < -0.39 is 5.91 Å². The van der Waals surface area contributed by atoms with Crippen molar-refractivity contribution in [3.05, 3.63) is 83.4 Å². The first-order valence-electron chi connectivity index (χ1n) is 9.43. The molecule has 152 valence electrons. The van der Waals surface area contributed by atoms with E-state index in [0.29, 0.717) is 53.9 Å². The second kappa shape index (κ2) is 8.57. The Morgan fingerprint density at radius 3 is 2.17 bits per heavy atom. The van der Waals surface area contributed by atoms with E-state index in [1.807, 2.05) is 18.2 Å². The largest absolute Gasteiger partial charge is 0.486 e. The third kappa shape index (κ3) is 4.35. The molecule has 0 unspecified atom stereocenters. The second-order valence-electron chi connectivity index (χ2n) is 6.64. The SMILES string of the molecule is NC(=O)c1ccc(Oc2ccc(C(=O)NCc3cccc4c3OCCO4)cc2)cc1. The predicted octanol–water partition coefficient (Wildman–Crippen LogP) is 3.28. The van der Waals surface area contributed by atoms with Gasteiger partial charge in [-0.05, 0) is 54.6 Å². The molecule has 0 spiro atoms. The number of ether oxygens (including phenoxy) is 3. The molecular formula is C23H20N2O5. The van der Waals surface area contributed by atoms with Crippen LogP contribution in [0, 0.1) is 0 Å². The zero-order chi connectivity index (χ0) is 20.9. The Morgan fingerprint density at radius 2 is 1.50 bits per heavy atom. The number of rotatable bonds is 6. The molecule has 7 heteroatoms. The van der Waals surface area contributed by atoms with Gasteiger partial charge in [0.2, 0.25) is 5.91 Å². The molecule has 3 N–H and O–H groups in total. The number of amides is 2. The minimum Gasteiger partial charge on any atom is -0.486 e. The maximum absolute atomic E-state index is 12.5. The van der Waals surface area contributed by atoms with Crippen molar-refractivity contribution in [3.63, 3.8) is 0 Å². The molecule has 0 saturated heterocycles. The fourth-order valence-electron chi connectivity index (χ4n) is 3.05. The quantitative estimate of drug-likeness (QED) is 0.657. The molecule has 0 fully saturated rings. The summed E-state index contributed by atoms with van der Waals surface area (Å²) in [5.74, 6) is 1.80. The van der Waals surface area contributed by atoms with E-state index in [1.54, 1.807) is 48.5 Å². The number of benzene rings is 3. The van der Waals surface area contributed by atoms with Crippen molar-refractivity contribution in [1.82, 2.24) is 5.32 Å². The van der Waals surface area contributed by atoms with Crippen molar-refractivity contribution in [2.45, 2.75) is 6.54 Å². The zero-order valence-electron chi connectivity index (χ0n) is 16.1. The maximum atomic E-state index is 12.5. The number of hydrogen-bond donors (Lipinski definition) is 2. The second-order valence-corrected chi connectivity index (χ2v) is 6.64. The van der Waals surface area contributed by atoms with Crippen molar-refractivity contribution in [3.8, 4) is 23.0 Å². The summed E-state index contributed by atoms with van der Waals surface area (Å²) in [5.41, 5.74) is 7.00. The summed E-state index contributed by atoms with van der Waals surface area (Å²) in [6.45, 7) is 1.34. The van der Waals surface area contributed by atoms with Gasteiger partial charge in [-0.2, -0.15) is 0 Å². The topological polar surface area (TPSA) is 99.9 Å². The standard InChI is InChI=1S/C23H20N2O5/c24-22(26)15-4-8-18(9-5-15)30-19-10-6-16(7-11-19)23(27)25-14-17-2-1-3-20-21(17)29-13-12-28-20/h1-11H,12-14H2,(H2,24,26)(H,25,27). The Morgan fingerprint density at radius 1 is 0.867 bits per heavy atom. The molecule has 2 amide bonds. The average Bonchev–Trinajstić information content (AvgIpc) is 2.78.